The number of carboxylic acid groups (broad SMARTS) is 1. The number of aromatic carboxylic acids is 1. The molecule has 8 heteroatoms. The van der Waals surface area contributed by atoms with Crippen molar-refractivity contribution in [2.75, 3.05) is 19.1 Å². The molecule has 118 valence electrons. The highest BCUT2D eigenvalue weighted by Gasteiger charge is 2.29. The number of sulfonamides is 1. The third-order valence-electron chi connectivity index (χ3n) is 3.18. The van der Waals surface area contributed by atoms with Crippen molar-refractivity contribution in [1.82, 2.24) is 4.31 Å². The molecule has 1 N–H and O–H groups in total. The maximum absolute atomic E-state index is 13.9. The molecule has 0 bridgehead atoms. The van der Waals surface area contributed by atoms with Crippen LogP contribution in [0.2, 0.25) is 0 Å². The Bertz CT molecular complexity index is 619. The molecule has 1 atom stereocenters. The van der Waals surface area contributed by atoms with Gasteiger partial charge in [0.2, 0.25) is 10.0 Å². The number of thioether (sulfide) groups is 1. The number of nitrogens with zero attached hydrogens (tertiary/aromatic N) is 1. The average molecular weight is 335 g/mol. The number of benzene rings is 1. The van der Waals surface area contributed by atoms with Crippen LogP contribution >= 0.6 is 11.8 Å². The number of carbonyl (C=O) groups is 1. The van der Waals surface area contributed by atoms with Gasteiger partial charge in [0.1, 0.15) is 10.7 Å². The zero-order valence-electron chi connectivity index (χ0n) is 12.0. The van der Waals surface area contributed by atoms with Gasteiger partial charge < -0.3 is 5.11 Å². The molecule has 5 nitrogen and oxygen atoms in total. The van der Waals surface area contributed by atoms with Crippen molar-refractivity contribution in [3.05, 3.63) is 29.6 Å². The Hall–Kier alpha value is -1.12. The summed E-state index contributed by atoms with van der Waals surface area (Å²) in [6.45, 7) is 1.86. The molecule has 0 fully saturated rings. The fourth-order valence-corrected chi connectivity index (χ4v) is 4.28. The van der Waals surface area contributed by atoms with E-state index in [0.717, 1.165) is 22.5 Å². The summed E-state index contributed by atoms with van der Waals surface area (Å²) in [4.78, 5) is 10.3. The molecule has 0 spiro atoms. The Morgan fingerprint density at radius 3 is 2.52 bits per heavy atom. The van der Waals surface area contributed by atoms with Gasteiger partial charge in [-0.05, 0) is 30.9 Å². The second kappa shape index (κ2) is 7.24. The molecule has 1 rings (SSSR count). The SMILES string of the molecule is CCC(CSC)N(C)S(=O)(=O)c1ccc(C(=O)O)cc1F. The molecule has 0 radical (unpaired) electrons. The topological polar surface area (TPSA) is 74.7 Å². The van der Waals surface area contributed by atoms with E-state index in [2.05, 4.69) is 0 Å². The van der Waals surface area contributed by atoms with Gasteiger partial charge >= 0.3 is 5.97 Å². The van der Waals surface area contributed by atoms with Gasteiger partial charge in [0.15, 0.2) is 0 Å². The van der Waals surface area contributed by atoms with Crippen molar-refractivity contribution in [3.63, 3.8) is 0 Å². The quantitative estimate of drug-likeness (QED) is 0.827. The van der Waals surface area contributed by atoms with E-state index < -0.39 is 26.7 Å². The van der Waals surface area contributed by atoms with E-state index >= 15 is 0 Å². The van der Waals surface area contributed by atoms with Gasteiger partial charge in [-0.3, -0.25) is 0 Å². The molecule has 0 heterocycles. The van der Waals surface area contributed by atoms with Crippen molar-refractivity contribution < 1.29 is 22.7 Å². The van der Waals surface area contributed by atoms with Crippen LogP contribution in [0.25, 0.3) is 0 Å². The van der Waals surface area contributed by atoms with Gasteiger partial charge in [0.05, 0.1) is 5.56 Å². The summed E-state index contributed by atoms with van der Waals surface area (Å²) in [7, 11) is -2.59. The zero-order chi connectivity index (χ0) is 16.2. The van der Waals surface area contributed by atoms with Crippen molar-refractivity contribution >= 4 is 27.8 Å². The molecule has 0 aliphatic heterocycles. The molecular weight excluding hydrogens is 317 g/mol. The molecule has 0 aromatic heterocycles. The molecular formula is C13H18FNO4S2. The second-order valence-corrected chi connectivity index (χ2v) is 7.37. The predicted octanol–water partition coefficient (Wildman–Crippen LogP) is 2.29. The van der Waals surface area contributed by atoms with Crippen molar-refractivity contribution in [1.29, 1.82) is 0 Å². The third kappa shape index (κ3) is 3.96. The van der Waals surface area contributed by atoms with Crippen molar-refractivity contribution in [2.45, 2.75) is 24.3 Å². The lowest BCUT2D eigenvalue weighted by Gasteiger charge is -2.26. The minimum atomic E-state index is -3.99. The van der Waals surface area contributed by atoms with Crippen LogP contribution in [0, 0.1) is 5.82 Å². The Morgan fingerprint density at radius 1 is 1.48 bits per heavy atom. The summed E-state index contributed by atoms with van der Waals surface area (Å²) in [5, 5.41) is 8.78. The van der Waals surface area contributed by atoms with Crippen LogP contribution in [-0.2, 0) is 10.0 Å². The maximum Gasteiger partial charge on any atom is 0.335 e. The van der Waals surface area contributed by atoms with E-state index in [-0.39, 0.29) is 11.6 Å². The van der Waals surface area contributed by atoms with Crippen LogP contribution in [0.5, 0.6) is 0 Å². The van der Waals surface area contributed by atoms with E-state index in [1.54, 1.807) is 0 Å². The van der Waals surface area contributed by atoms with E-state index in [9.17, 15) is 17.6 Å². The van der Waals surface area contributed by atoms with Crippen LogP contribution in [0.3, 0.4) is 0 Å². The molecule has 21 heavy (non-hydrogen) atoms. The van der Waals surface area contributed by atoms with Crippen molar-refractivity contribution in [2.24, 2.45) is 0 Å². The highest BCUT2D eigenvalue weighted by molar-refractivity contribution is 7.98. The molecule has 1 unspecified atom stereocenters. The van der Waals surface area contributed by atoms with Gasteiger partial charge in [0.25, 0.3) is 0 Å². The molecule has 0 amide bonds. The monoisotopic (exact) mass is 335 g/mol. The number of hydrogen-bond acceptors (Lipinski definition) is 4. The van der Waals surface area contributed by atoms with Crippen LogP contribution in [0.1, 0.15) is 23.7 Å². The third-order valence-corrected chi connectivity index (χ3v) is 5.84. The number of halogens is 1. The Balaban J connectivity index is 3.21. The first-order valence-corrected chi connectivity index (χ1v) is 9.08. The first-order valence-electron chi connectivity index (χ1n) is 6.25. The van der Waals surface area contributed by atoms with Crippen LogP contribution < -0.4 is 0 Å². The summed E-state index contributed by atoms with van der Waals surface area (Å²) in [6, 6.07) is 2.56. The molecule has 1 aromatic rings. The van der Waals surface area contributed by atoms with E-state index in [1.807, 2.05) is 13.2 Å². The number of hydrogen-bond donors (Lipinski definition) is 1. The second-order valence-electron chi connectivity index (χ2n) is 4.49. The van der Waals surface area contributed by atoms with Crippen molar-refractivity contribution in [3.8, 4) is 0 Å². The number of carboxylic acids is 1. The summed E-state index contributed by atoms with van der Waals surface area (Å²) >= 11 is 1.51. The standard InChI is InChI=1S/C13H18FNO4S2/c1-4-10(8-20-3)15(2)21(18,19)12-6-5-9(13(16)17)7-11(12)14/h5-7,10H,4,8H2,1-3H3,(H,16,17). The fraction of sp³-hybridized carbons (Fsp3) is 0.462. The van der Waals surface area contributed by atoms with Gasteiger partial charge in [-0.1, -0.05) is 6.92 Å². The van der Waals surface area contributed by atoms with Crippen LogP contribution in [-0.4, -0.2) is 48.9 Å². The Labute approximate surface area is 128 Å². The van der Waals surface area contributed by atoms with Crippen LogP contribution in [0.4, 0.5) is 4.39 Å². The first kappa shape index (κ1) is 17.9. The summed E-state index contributed by atoms with van der Waals surface area (Å²) in [5.41, 5.74) is -0.287. The lowest BCUT2D eigenvalue weighted by atomic mass is 10.2. The molecule has 0 saturated heterocycles. The van der Waals surface area contributed by atoms with E-state index in [0.29, 0.717) is 12.2 Å². The molecule has 0 aliphatic carbocycles. The number of rotatable bonds is 7. The largest absolute Gasteiger partial charge is 0.478 e. The highest BCUT2D eigenvalue weighted by atomic mass is 32.2. The fourth-order valence-electron chi connectivity index (χ4n) is 1.87. The molecule has 0 saturated carbocycles. The van der Waals surface area contributed by atoms with Gasteiger partial charge in [-0.15, -0.1) is 0 Å². The zero-order valence-corrected chi connectivity index (χ0v) is 13.7. The summed E-state index contributed by atoms with van der Waals surface area (Å²) < 4.78 is 40.0. The van der Waals surface area contributed by atoms with Gasteiger partial charge in [-0.2, -0.15) is 16.1 Å². The average Bonchev–Trinajstić information content (AvgIpc) is 2.43. The normalized spacial score (nSPS) is 13.4. The van der Waals surface area contributed by atoms with Crippen LogP contribution in [0.15, 0.2) is 23.1 Å². The first-order chi connectivity index (χ1) is 9.75. The van der Waals surface area contributed by atoms with Gasteiger partial charge in [0, 0.05) is 18.8 Å². The van der Waals surface area contributed by atoms with Gasteiger partial charge in [-0.25, -0.2) is 17.6 Å². The maximum atomic E-state index is 13.9. The summed E-state index contributed by atoms with van der Waals surface area (Å²) in [6.07, 6.45) is 2.47. The summed E-state index contributed by atoms with van der Waals surface area (Å²) in [5.74, 6) is -1.76. The minimum Gasteiger partial charge on any atom is -0.478 e. The lowest BCUT2D eigenvalue weighted by molar-refractivity contribution is 0.0696. The highest BCUT2D eigenvalue weighted by Crippen LogP contribution is 2.23. The lowest BCUT2D eigenvalue weighted by Crippen LogP contribution is -2.38. The van der Waals surface area contributed by atoms with E-state index in [4.69, 9.17) is 5.11 Å². The minimum absolute atomic E-state index is 0.247. The Morgan fingerprint density at radius 2 is 2.10 bits per heavy atom. The molecule has 1 aromatic carbocycles. The predicted molar refractivity (Wildman–Crippen MR) is 80.8 cm³/mol. The smallest absolute Gasteiger partial charge is 0.335 e. The van der Waals surface area contributed by atoms with E-state index in [1.165, 1.54) is 18.8 Å². The molecule has 0 aliphatic rings. The Kier molecular flexibility index (Phi) is 6.18.